The third-order valence-electron chi connectivity index (χ3n) is 3.92. The molecule has 0 aromatic heterocycles. The number of anilines is 1. The second kappa shape index (κ2) is 8.12. The SMILES string of the molecule is CCOc1cc(C=C2C(=O)NN(c3ccc(F)cc3)C2=O)ccc1OC(C)C. The lowest BCUT2D eigenvalue weighted by molar-refractivity contribution is -0.117. The molecule has 0 radical (unpaired) electrons. The van der Waals surface area contributed by atoms with Crippen molar-refractivity contribution in [3.63, 3.8) is 0 Å². The number of rotatable bonds is 6. The normalized spacial score (nSPS) is 15.3. The van der Waals surface area contributed by atoms with Crippen molar-refractivity contribution in [2.45, 2.75) is 26.9 Å². The molecule has 6 nitrogen and oxygen atoms in total. The quantitative estimate of drug-likeness (QED) is 0.612. The smallest absolute Gasteiger partial charge is 0.282 e. The fourth-order valence-corrected chi connectivity index (χ4v) is 2.73. The van der Waals surface area contributed by atoms with Gasteiger partial charge >= 0.3 is 0 Å². The standard InChI is InChI=1S/C21H21FN2O4/c1-4-27-19-12-14(5-10-18(19)28-13(2)3)11-17-20(25)23-24(21(17)26)16-8-6-15(22)7-9-16/h5-13H,4H2,1-3H3,(H,23,25). The van der Waals surface area contributed by atoms with Crippen LogP contribution < -0.4 is 19.9 Å². The Morgan fingerprint density at radius 1 is 1.11 bits per heavy atom. The minimum absolute atomic E-state index is 0.0186. The molecule has 2 amide bonds. The third kappa shape index (κ3) is 4.14. The zero-order valence-corrected chi connectivity index (χ0v) is 15.9. The van der Waals surface area contributed by atoms with Crippen LogP contribution >= 0.6 is 0 Å². The number of amides is 2. The van der Waals surface area contributed by atoms with E-state index in [9.17, 15) is 14.0 Å². The number of halogens is 1. The van der Waals surface area contributed by atoms with E-state index < -0.39 is 17.6 Å². The molecule has 1 fully saturated rings. The molecule has 0 atom stereocenters. The second-order valence-corrected chi connectivity index (χ2v) is 6.42. The Balaban J connectivity index is 1.90. The minimum Gasteiger partial charge on any atom is -0.490 e. The summed E-state index contributed by atoms with van der Waals surface area (Å²) in [6.07, 6.45) is 1.47. The zero-order chi connectivity index (χ0) is 20.3. The molecule has 1 aliphatic heterocycles. The van der Waals surface area contributed by atoms with Gasteiger partial charge in [-0.05, 0) is 68.8 Å². The number of carbonyl (C=O) groups excluding carboxylic acids is 2. The maximum Gasteiger partial charge on any atom is 0.282 e. The van der Waals surface area contributed by atoms with E-state index in [4.69, 9.17) is 9.47 Å². The Bertz CT molecular complexity index is 923. The summed E-state index contributed by atoms with van der Waals surface area (Å²) in [6.45, 7) is 6.14. The number of ether oxygens (including phenoxy) is 2. The van der Waals surface area contributed by atoms with Crippen molar-refractivity contribution >= 4 is 23.6 Å². The first-order valence-corrected chi connectivity index (χ1v) is 8.95. The summed E-state index contributed by atoms with van der Waals surface area (Å²) in [5, 5.41) is 1.09. The van der Waals surface area contributed by atoms with Gasteiger partial charge in [-0.15, -0.1) is 0 Å². The highest BCUT2D eigenvalue weighted by Crippen LogP contribution is 2.31. The van der Waals surface area contributed by atoms with Gasteiger partial charge in [0.2, 0.25) is 0 Å². The van der Waals surface area contributed by atoms with Crippen LogP contribution in [-0.2, 0) is 9.59 Å². The van der Waals surface area contributed by atoms with Crippen molar-refractivity contribution in [1.82, 2.24) is 5.43 Å². The minimum atomic E-state index is -0.533. The fraction of sp³-hybridized carbons (Fsp3) is 0.238. The summed E-state index contributed by atoms with van der Waals surface area (Å²) in [4.78, 5) is 24.9. The van der Waals surface area contributed by atoms with Crippen LogP contribution in [0.15, 0.2) is 48.0 Å². The summed E-state index contributed by atoms with van der Waals surface area (Å²) in [7, 11) is 0. The highest BCUT2D eigenvalue weighted by molar-refractivity contribution is 6.31. The molecule has 2 aromatic carbocycles. The second-order valence-electron chi connectivity index (χ2n) is 6.42. The first-order valence-electron chi connectivity index (χ1n) is 8.95. The van der Waals surface area contributed by atoms with E-state index in [1.807, 2.05) is 20.8 Å². The molecule has 1 heterocycles. The summed E-state index contributed by atoms with van der Waals surface area (Å²) in [6, 6.07) is 10.5. The van der Waals surface area contributed by atoms with Crippen molar-refractivity contribution in [2.75, 3.05) is 11.6 Å². The number of nitrogens with zero attached hydrogens (tertiary/aromatic N) is 1. The van der Waals surface area contributed by atoms with E-state index in [1.165, 1.54) is 30.3 Å². The number of hydrogen-bond donors (Lipinski definition) is 1. The molecule has 1 saturated heterocycles. The number of nitrogens with one attached hydrogen (secondary N) is 1. The van der Waals surface area contributed by atoms with Gasteiger partial charge in [0.05, 0.1) is 18.4 Å². The van der Waals surface area contributed by atoms with Crippen LogP contribution in [0.2, 0.25) is 0 Å². The molecule has 0 aliphatic carbocycles. The molecule has 0 bridgehead atoms. The van der Waals surface area contributed by atoms with E-state index in [0.29, 0.717) is 29.4 Å². The van der Waals surface area contributed by atoms with Gasteiger partial charge in [0, 0.05) is 0 Å². The van der Waals surface area contributed by atoms with Crippen molar-refractivity contribution in [3.8, 4) is 11.5 Å². The van der Waals surface area contributed by atoms with E-state index in [0.717, 1.165) is 5.01 Å². The van der Waals surface area contributed by atoms with E-state index >= 15 is 0 Å². The molecular formula is C21H21FN2O4. The van der Waals surface area contributed by atoms with Crippen LogP contribution in [0.5, 0.6) is 11.5 Å². The summed E-state index contributed by atoms with van der Waals surface area (Å²) >= 11 is 0. The largest absolute Gasteiger partial charge is 0.490 e. The molecule has 2 aromatic rings. The van der Waals surface area contributed by atoms with Crippen LogP contribution in [0.4, 0.5) is 10.1 Å². The zero-order valence-electron chi connectivity index (χ0n) is 15.9. The first-order chi connectivity index (χ1) is 13.4. The lowest BCUT2D eigenvalue weighted by atomic mass is 10.1. The predicted molar refractivity (Wildman–Crippen MR) is 103 cm³/mol. The molecule has 1 N–H and O–H groups in total. The lowest BCUT2D eigenvalue weighted by Gasteiger charge is -2.15. The number of hydrazine groups is 1. The first kappa shape index (κ1) is 19.4. The van der Waals surface area contributed by atoms with Gasteiger partial charge in [-0.25, -0.2) is 9.40 Å². The van der Waals surface area contributed by atoms with Gasteiger partial charge in [-0.2, -0.15) is 0 Å². The topological polar surface area (TPSA) is 67.9 Å². The molecule has 7 heteroatoms. The molecule has 0 unspecified atom stereocenters. The Hall–Kier alpha value is -3.35. The average molecular weight is 384 g/mol. The highest BCUT2D eigenvalue weighted by Gasteiger charge is 2.34. The van der Waals surface area contributed by atoms with Gasteiger partial charge in [0.25, 0.3) is 11.8 Å². The molecule has 146 valence electrons. The molecule has 3 rings (SSSR count). The number of hydrogen-bond acceptors (Lipinski definition) is 4. The van der Waals surface area contributed by atoms with E-state index in [1.54, 1.807) is 18.2 Å². The van der Waals surface area contributed by atoms with Crippen LogP contribution in [-0.4, -0.2) is 24.5 Å². The number of benzene rings is 2. The van der Waals surface area contributed by atoms with Gasteiger partial charge in [0.15, 0.2) is 11.5 Å². The average Bonchev–Trinajstić information content (AvgIpc) is 2.92. The predicted octanol–water partition coefficient (Wildman–Crippen LogP) is 3.47. The van der Waals surface area contributed by atoms with Gasteiger partial charge in [-0.1, -0.05) is 6.07 Å². The molecular weight excluding hydrogens is 363 g/mol. The maximum atomic E-state index is 13.1. The van der Waals surface area contributed by atoms with Crippen molar-refractivity contribution in [3.05, 3.63) is 59.4 Å². The van der Waals surface area contributed by atoms with Crippen LogP contribution in [0.3, 0.4) is 0 Å². The van der Waals surface area contributed by atoms with Crippen molar-refractivity contribution in [2.24, 2.45) is 0 Å². The maximum absolute atomic E-state index is 13.1. The Kier molecular flexibility index (Phi) is 5.63. The Morgan fingerprint density at radius 3 is 2.46 bits per heavy atom. The highest BCUT2D eigenvalue weighted by atomic mass is 19.1. The third-order valence-corrected chi connectivity index (χ3v) is 3.92. The van der Waals surface area contributed by atoms with Crippen molar-refractivity contribution < 1.29 is 23.5 Å². The summed E-state index contributed by atoms with van der Waals surface area (Å²) in [5.74, 6) is -0.350. The molecule has 0 spiro atoms. The van der Waals surface area contributed by atoms with Gasteiger partial charge in [0.1, 0.15) is 11.4 Å². The Labute approximate surface area is 162 Å². The molecule has 1 aliphatic rings. The monoisotopic (exact) mass is 384 g/mol. The fourth-order valence-electron chi connectivity index (χ4n) is 2.73. The molecule has 0 saturated carbocycles. The molecule has 28 heavy (non-hydrogen) atoms. The van der Waals surface area contributed by atoms with E-state index in [2.05, 4.69) is 5.43 Å². The number of carbonyl (C=O) groups is 2. The van der Waals surface area contributed by atoms with Crippen LogP contribution in [0.25, 0.3) is 6.08 Å². The summed E-state index contributed by atoms with van der Waals surface area (Å²) in [5.41, 5.74) is 3.46. The Morgan fingerprint density at radius 2 is 1.82 bits per heavy atom. The van der Waals surface area contributed by atoms with Crippen molar-refractivity contribution in [1.29, 1.82) is 0 Å². The van der Waals surface area contributed by atoms with Crippen LogP contribution in [0.1, 0.15) is 26.3 Å². The summed E-state index contributed by atoms with van der Waals surface area (Å²) < 4.78 is 24.4. The van der Waals surface area contributed by atoms with E-state index in [-0.39, 0.29) is 11.7 Å². The van der Waals surface area contributed by atoms with Gasteiger partial charge in [-0.3, -0.25) is 15.0 Å². The lowest BCUT2D eigenvalue weighted by Crippen LogP contribution is -2.35. The van der Waals surface area contributed by atoms with Crippen LogP contribution in [0, 0.1) is 5.82 Å². The van der Waals surface area contributed by atoms with Gasteiger partial charge < -0.3 is 9.47 Å².